The van der Waals surface area contributed by atoms with Gasteiger partial charge in [0.1, 0.15) is 0 Å². The van der Waals surface area contributed by atoms with E-state index in [9.17, 15) is 8.42 Å². The first kappa shape index (κ1) is 21.4. The molecular formula is C20H29N3O2S2. The zero-order chi connectivity index (χ0) is 19.5. The Balaban J connectivity index is 1.78. The van der Waals surface area contributed by atoms with Crippen LogP contribution in [0.5, 0.6) is 0 Å². The second kappa shape index (κ2) is 11.1. The monoisotopic (exact) mass is 407 g/mol. The van der Waals surface area contributed by atoms with Crippen LogP contribution in [-0.2, 0) is 28.6 Å². The first-order valence-corrected chi connectivity index (χ1v) is 12.0. The Morgan fingerprint density at radius 1 is 1.04 bits per heavy atom. The first-order valence-electron chi connectivity index (χ1n) is 9.36. The van der Waals surface area contributed by atoms with Crippen LogP contribution in [-0.4, -0.2) is 33.2 Å². The van der Waals surface area contributed by atoms with E-state index in [1.165, 1.54) is 9.75 Å². The van der Waals surface area contributed by atoms with E-state index >= 15 is 0 Å². The van der Waals surface area contributed by atoms with Crippen LogP contribution in [0.25, 0.3) is 0 Å². The highest BCUT2D eigenvalue weighted by atomic mass is 32.2. The number of nitrogens with zero attached hydrogens (tertiary/aromatic N) is 1. The lowest BCUT2D eigenvalue weighted by Gasteiger charge is -2.11. The van der Waals surface area contributed by atoms with Crippen molar-refractivity contribution in [3.63, 3.8) is 0 Å². The van der Waals surface area contributed by atoms with E-state index < -0.39 is 9.84 Å². The quantitative estimate of drug-likeness (QED) is 0.360. The van der Waals surface area contributed by atoms with Crippen molar-refractivity contribution in [3.8, 4) is 0 Å². The van der Waals surface area contributed by atoms with E-state index in [0.717, 1.165) is 24.5 Å². The van der Waals surface area contributed by atoms with E-state index in [-0.39, 0.29) is 11.5 Å². The number of guanidine groups is 1. The highest BCUT2D eigenvalue weighted by Crippen LogP contribution is 2.17. The lowest BCUT2D eigenvalue weighted by Crippen LogP contribution is -2.38. The smallest absolute Gasteiger partial charge is 0.191 e. The summed E-state index contributed by atoms with van der Waals surface area (Å²) in [5, 5.41) is 6.43. The molecule has 0 saturated heterocycles. The summed E-state index contributed by atoms with van der Waals surface area (Å²) in [6.07, 6.45) is 1.60. The molecule has 0 spiro atoms. The fraction of sp³-hybridized carbons (Fsp3) is 0.450. The van der Waals surface area contributed by atoms with Crippen molar-refractivity contribution in [2.45, 2.75) is 39.0 Å². The summed E-state index contributed by atoms with van der Waals surface area (Å²) in [6.45, 7) is 6.14. The molecule has 0 amide bonds. The number of hydrogen-bond donors (Lipinski definition) is 2. The van der Waals surface area contributed by atoms with Gasteiger partial charge in [-0.05, 0) is 37.5 Å². The summed E-state index contributed by atoms with van der Waals surface area (Å²) in [7, 11) is -3.10. The minimum atomic E-state index is -3.10. The van der Waals surface area contributed by atoms with E-state index in [1.807, 2.05) is 37.3 Å². The van der Waals surface area contributed by atoms with Crippen LogP contribution in [0.4, 0.5) is 0 Å². The van der Waals surface area contributed by atoms with Gasteiger partial charge in [0.15, 0.2) is 15.8 Å². The van der Waals surface area contributed by atoms with Gasteiger partial charge >= 0.3 is 0 Å². The molecule has 2 rings (SSSR count). The molecule has 27 heavy (non-hydrogen) atoms. The Labute approximate surface area is 166 Å². The Kier molecular flexibility index (Phi) is 8.81. The first-order chi connectivity index (χ1) is 13.0. The van der Waals surface area contributed by atoms with Crippen LogP contribution in [0.15, 0.2) is 47.5 Å². The van der Waals surface area contributed by atoms with Crippen molar-refractivity contribution in [1.29, 1.82) is 0 Å². The highest BCUT2D eigenvalue weighted by molar-refractivity contribution is 7.90. The number of aliphatic imine (C=N–C) groups is 1. The SMILES string of the molecule is CCNC(=NCc1ccc(CC)s1)NCCCS(=O)(=O)Cc1ccccc1. The number of sulfone groups is 1. The Morgan fingerprint density at radius 2 is 1.78 bits per heavy atom. The van der Waals surface area contributed by atoms with Gasteiger partial charge in [0.25, 0.3) is 0 Å². The van der Waals surface area contributed by atoms with Gasteiger partial charge in [-0.3, -0.25) is 0 Å². The fourth-order valence-corrected chi connectivity index (χ4v) is 4.91. The molecule has 1 aromatic heterocycles. The third-order valence-electron chi connectivity index (χ3n) is 3.96. The maximum Gasteiger partial charge on any atom is 0.191 e. The van der Waals surface area contributed by atoms with Gasteiger partial charge in [-0.1, -0.05) is 37.3 Å². The van der Waals surface area contributed by atoms with Gasteiger partial charge in [0.2, 0.25) is 0 Å². The zero-order valence-corrected chi connectivity index (χ0v) is 17.7. The van der Waals surface area contributed by atoms with E-state index in [4.69, 9.17) is 0 Å². The number of rotatable bonds is 10. The van der Waals surface area contributed by atoms with Crippen molar-refractivity contribution in [2.24, 2.45) is 4.99 Å². The van der Waals surface area contributed by atoms with Gasteiger partial charge in [-0.2, -0.15) is 0 Å². The molecule has 0 saturated carbocycles. The lowest BCUT2D eigenvalue weighted by atomic mass is 10.2. The number of thiophene rings is 1. The second-order valence-electron chi connectivity index (χ2n) is 6.27. The summed E-state index contributed by atoms with van der Waals surface area (Å²) < 4.78 is 24.5. The van der Waals surface area contributed by atoms with Gasteiger partial charge in [-0.25, -0.2) is 13.4 Å². The number of benzene rings is 1. The molecule has 7 heteroatoms. The normalized spacial score (nSPS) is 12.1. The van der Waals surface area contributed by atoms with Gasteiger partial charge in [-0.15, -0.1) is 11.3 Å². The molecule has 0 aliphatic rings. The summed E-state index contributed by atoms with van der Waals surface area (Å²) in [5.41, 5.74) is 0.836. The molecule has 0 radical (unpaired) electrons. The van der Waals surface area contributed by atoms with Crippen LogP contribution in [0.3, 0.4) is 0 Å². The average molecular weight is 408 g/mol. The van der Waals surface area contributed by atoms with Gasteiger partial charge in [0, 0.05) is 22.8 Å². The summed E-state index contributed by atoms with van der Waals surface area (Å²) in [4.78, 5) is 7.18. The second-order valence-corrected chi connectivity index (χ2v) is 9.71. The molecular weight excluding hydrogens is 378 g/mol. The molecule has 1 heterocycles. The van der Waals surface area contributed by atoms with Crippen molar-refractivity contribution >= 4 is 27.1 Å². The molecule has 5 nitrogen and oxygen atoms in total. The Morgan fingerprint density at radius 3 is 2.44 bits per heavy atom. The van der Waals surface area contributed by atoms with Crippen LogP contribution in [0.1, 0.15) is 35.6 Å². The molecule has 0 bridgehead atoms. The molecule has 0 aliphatic carbocycles. The van der Waals surface area contributed by atoms with Crippen LogP contribution >= 0.6 is 11.3 Å². The maximum absolute atomic E-state index is 12.2. The largest absolute Gasteiger partial charge is 0.357 e. The van der Waals surface area contributed by atoms with Crippen molar-refractivity contribution in [3.05, 3.63) is 57.8 Å². The maximum atomic E-state index is 12.2. The standard InChI is InChI=1S/C20H29N3O2S2/c1-3-18-11-12-19(26-18)15-23-20(21-4-2)22-13-8-14-27(24,25)16-17-9-6-5-7-10-17/h5-7,9-12H,3-4,8,13-16H2,1-2H3,(H2,21,22,23). The number of nitrogens with one attached hydrogen (secondary N) is 2. The summed E-state index contributed by atoms with van der Waals surface area (Å²) in [5.74, 6) is 0.989. The Hall–Kier alpha value is -1.86. The summed E-state index contributed by atoms with van der Waals surface area (Å²) >= 11 is 1.78. The fourth-order valence-electron chi connectivity index (χ4n) is 2.60. The molecule has 0 aliphatic heterocycles. The van der Waals surface area contributed by atoms with E-state index in [2.05, 4.69) is 34.7 Å². The predicted molar refractivity (Wildman–Crippen MR) is 115 cm³/mol. The number of hydrogen-bond acceptors (Lipinski definition) is 4. The van der Waals surface area contributed by atoms with Crippen molar-refractivity contribution in [1.82, 2.24) is 10.6 Å². The van der Waals surface area contributed by atoms with Gasteiger partial charge in [0.05, 0.1) is 18.1 Å². The highest BCUT2D eigenvalue weighted by Gasteiger charge is 2.11. The molecule has 0 fully saturated rings. The van der Waals surface area contributed by atoms with E-state index in [0.29, 0.717) is 19.5 Å². The number of aryl methyl sites for hydroxylation is 1. The third-order valence-corrected chi connectivity index (χ3v) is 6.86. The summed E-state index contributed by atoms with van der Waals surface area (Å²) in [6, 6.07) is 13.6. The minimum Gasteiger partial charge on any atom is -0.357 e. The van der Waals surface area contributed by atoms with Crippen LogP contribution < -0.4 is 10.6 Å². The molecule has 0 unspecified atom stereocenters. The third kappa shape index (κ3) is 8.13. The minimum absolute atomic E-state index is 0.0974. The molecule has 0 atom stereocenters. The van der Waals surface area contributed by atoms with Crippen molar-refractivity contribution in [2.75, 3.05) is 18.8 Å². The average Bonchev–Trinajstić information content (AvgIpc) is 3.11. The van der Waals surface area contributed by atoms with Crippen molar-refractivity contribution < 1.29 is 8.42 Å². The van der Waals surface area contributed by atoms with E-state index in [1.54, 1.807) is 11.3 Å². The lowest BCUT2D eigenvalue weighted by molar-refractivity contribution is 0.591. The van der Waals surface area contributed by atoms with Gasteiger partial charge < -0.3 is 10.6 Å². The van der Waals surface area contributed by atoms with Crippen LogP contribution in [0, 0.1) is 0 Å². The Bertz CT molecular complexity index is 815. The van der Waals surface area contributed by atoms with Crippen LogP contribution in [0.2, 0.25) is 0 Å². The molecule has 2 aromatic rings. The molecule has 148 valence electrons. The topological polar surface area (TPSA) is 70.6 Å². The zero-order valence-electron chi connectivity index (χ0n) is 16.1. The molecule has 1 aromatic carbocycles. The molecule has 2 N–H and O–H groups in total. The predicted octanol–water partition coefficient (Wildman–Crippen LogP) is 3.37.